The fraction of sp³-hybridized carbons (Fsp3) is 0.565. The molecule has 1 fully saturated rings. The third-order valence-electron chi connectivity index (χ3n) is 5.79. The summed E-state index contributed by atoms with van der Waals surface area (Å²) in [6.07, 6.45) is -0.00599. The number of nitrogens with two attached hydrogens (primary N) is 1. The third kappa shape index (κ3) is 7.00. The Morgan fingerprint density at radius 3 is 2.30 bits per heavy atom. The maximum absolute atomic E-state index is 13.3. The Kier molecular flexibility index (Phi) is 9.36. The Hall–Kier alpha value is -2.98. The van der Waals surface area contributed by atoms with E-state index in [2.05, 4.69) is 10.6 Å². The number of carboxylic acids is 1. The second-order valence-corrected chi connectivity index (χ2v) is 8.78. The lowest BCUT2D eigenvalue weighted by molar-refractivity contribution is -0.145. The summed E-state index contributed by atoms with van der Waals surface area (Å²) in [6.45, 7) is 5.20. The van der Waals surface area contributed by atoms with Crippen LogP contribution in [0.25, 0.3) is 0 Å². The molecule has 1 aliphatic rings. The number of carboxylic acid groups (broad SMARTS) is 1. The number of benzene rings is 1. The molecule has 0 bridgehead atoms. The summed E-state index contributed by atoms with van der Waals surface area (Å²) in [6, 6.07) is 4.86. The fourth-order valence-electron chi connectivity index (χ4n) is 3.78. The van der Waals surface area contributed by atoms with Gasteiger partial charge >= 0.3 is 5.97 Å². The van der Waals surface area contributed by atoms with Gasteiger partial charge in [-0.15, -0.1) is 0 Å². The highest BCUT2D eigenvalue weighted by Crippen LogP contribution is 2.21. The first-order chi connectivity index (χ1) is 15.5. The third-order valence-corrected chi connectivity index (χ3v) is 5.79. The van der Waals surface area contributed by atoms with E-state index in [0.29, 0.717) is 19.4 Å². The van der Waals surface area contributed by atoms with Crippen LogP contribution in [0.1, 0.15) is 39.2 Å². The predicted molar refractivity (Wildman–Crippen MR) is 121 cm³/mol. The summed E-state index contributed by atoms with van der Waals surface area (Å²) < 4.78 is 0. The van der Waals surface area contributed by atoms with Crippen molar-refractivity contribution in [3.8, 4) is 0 Å². The molecule has 3 amide bonds. The van der Waals surface area contributed by atoms with Gasteiger partial charge in [-0.3, -0.25) is 14.4 Å². The monoisotopic (exact) mass is 462 g/mol. The molecule has 182 valence electrons. The van der Waals surface area contributed by atoms with Crippen molar-refractivity contribution in [3.63, 3.8) is 0 Å². The van der Waals surface area contributed by atoms with Gasteiger partial charge in [-0.25, -0.2) is 4.79 Å². The summed E-state index contributed by atoms with van der Waals surface area (Å²) in [4.78, 5) is 51.7. The molecule has 5 unspecified atom stereocenters. The van der Waals surface area contributed by atoms with E-state index in [0.717, 1.165) is 5.56 Å². The molecule has 0 aromatic heterocycles. The number of carbonyl (C=O) groups excluding carboxylic acids is 3. The van der Waals surface area contributed by atoms with Crippen molar-refractivity contribution in [2.24, 2.45) is 11.7 Å². The van der Waals surface area contributed by atoms with Crippen molar-refractivity contribution in [3.05, 3.63) is 35.9 Å². The van der Waals surface area contributed by atoms with Gasteiger partial charge in [-0.05, 0) is 31.2 Å². The van der Waals surface area contributed by atoms with Crippen LogP contribution in [0.15, 0.2) is 30.3 Å². The Bertz CT molecular complexity index is 845. The van der Waals surface area contributed by atoms with Gasteiger partial charge in [0, 0.05) is 13.0 Å². The smallest absolute Gasteiger partial charge is 0.326 e. The maximum atomic E-state index is 13.3. The Labute approximate surface area is 193 Å². The SMILES string of the molecule is CC(C)C(NC(=O)C(N)C(C)O)C(=O)N1CCCC1C(=O)NC(Cc1ccccc1)C(=O)O. The van der Waals surface area contributed by atoms with Gasteiger partial charge in [0.05, 0.1) is 6.10 Å². The molecular weight excluding hydrogens is 428 g/mol. The summed E-state index contributed by atoms with van der Waals surface area (Å²) in [5.41, 5.74) is 6.44. The quantitative estimate of drug-likeness (QED) is 0.317. The summed E-state index contributed by atoms with van der Waals surface area (Å²) >= 11 is 0. The molecule has 33 heavy (non-hydrogen) atoms. The van der Waals surface area contributed by atoms with Crippen LogP contribution in [0.5, 0.6) is 0 Å². The number of hydrogen-bond acceptors (Lipinski definition) is 6. The van der Waals surface area contributed by atoms with Gasteiger partial charge in [-0.2, -0.15) is 0 Å². The van der Waals surface area contributed by atoms with E-state index >= 15 is 0 Å². The minimum absolute atomic E-state index is 0.116. The molecule has 0 spiro atoms. The highest BCUT2D eigenvalue weighted by molar-refractivity contribution is 5.94. The second-order valence-electron chi connectivity index (χ2n) is 8.78. The van der Waals surface area contributed by atoms with Crippen LogP contribution in [-0.2, 0) is 25.6 Å². The number of hydrogen-bond donors (Lipinski definition) is 5. The molecule has 1 aromatic rings. The fourth-order valence-corrected chi connectivity index (χ4v) is 3.78. The van der Waals surface area contributed by atoms with Gasteiger partial charge in [0.2, 0.25) is 17.7 Å². The molecule has 5 atom stereocenters. The minimum atomic E-state index is -1.19. The van der Waals surface area contributed by atoms with Gasteiger partial charge in [-0.1, -0.05) is 44.2 Å². The van der Waals surface area contributed by atoms with Gasteiger partial charge in [0.25, 0.3) is 0 Å². The lowest BCUT2D eigenvalue weighted by Crippen LogP contribution is -2.59. The molecule has 0 aliphatic carbocycles. The van der Waals surface area contributed by atoms with E-state index in [1.54, 1.807) is 38.1 Å². The molecule has 0 saturated carbocycles. The molecule has 1 heterocycles. The number of rotatable bonds is 10. The van der Waals surface area contributed by atoms with E-state index in [1.807, 2.05) is 6.07 Å². The van der Waals surface area contributed by atoms with Crippen molar-refractivity contribution in [2.45, 2.75) is 70.3 Å². The van der Waals surface area contributed by atoms with Gasteiger partial charge in [0.1, 0.15) is 24.2 Å². The van der Waals surface area contributed by atoms with Crippen LogP contribution in [0.3, 0.4) is 0 Å². The highest BCUT2D eigenvalue weighted by Gasteiger charge is 2.40. The molecule has 10 nitrogen and oxygen atoms in total. The van der Waals surface area contributed by atoms with Crippen molar-refractivity contribution in [1.82, 2.24) is 15.5 Å². The van der Waals surface area contributed by atoms with Crippen LogP contribution in [0.2, 0.25) is 0 Å². The molecule has 2 rings (SSSR count). The summed E-state index contributed by atoms with van der Waals surface area (Å²) in [7, 11) is 0. The van der Waals surface area contributed by atoms with E-state index in [-0.39, 0.29) is 12.3 Å². The highest BCUT2D eigenvalue weighted by atomic mass is 16.4. The molecular formula is C23H34N4O6. The molecule has 6 N–H and O–H groups in total. The molecule has 1 aliphatic heterocycles. The normalized spacial score (nSPS) is 19.5. The van der Waals surface area contributed by atoms with Crippen molar-refractivity contribution in [1.29, 1.82) is 0 Å². The molecule has 0 radical (unpaired) electrons. The second kappa shape index (κ2) is 11.8. The summed E-state index contributed by atoms with van der Waals surface area (Å²) in [5.74, 6) is -3.10. The first-order valence-corrected chi connectivity index (χ1v) is 11.1. The van der Waals surface area contributed by atoms with Crippen LogP contribution < -0.4 is 16.4 Å². The molecule has 1 aromatic carbocycles. The van der Waals surface area contributed by atoms with E-state index in [9.17, 15) is 29.4 Å². The van der Waals surface area contributed by atoms with Crippen LogP contribution in [-0.4, -0.2) is 75.6 Å². The number of carbonyl (C=O) groups is 4. The Balaban J connectivity index is 2.11. The van der Waals surface area contributed by atoms with E-state index in [4.69, 9.17) is 5.73 Å². The Morgan fingerprint density at radius 1 is 1.12 bits per heavy atom. The number of amides is 3. The number of aliphatic hydroxyl groups excluding tert-OH is 1. The van der Waals surface area contributed by atoms with Crippen LogP contribution in [0.4, 0.5) is 0 Å². The van der Waals surface area contributed by atoms with Crippen molar-refractivity contribution >= 4 is 23.7 Å². The van der Waals surface area contributed by atoms with Crippen molar-refractivity contribution in [2.75, 3.05) is 6.54 Å². The zero-order valence-corrected chi connectivity index (χ0v) is 19.2. The first kappa shape index (κ1) is 26.3. The number of aliphatic hydroxyl groups is 1. The zero-order valence-electron chi connectivity index (χ0n) is 19.2. The average molecular weight is 463 g/mol. The lowest BCUT2D eigenvalue weighted by Gasteiger charge is -2.31. The van der Waals surface area contributed by atoms with Crippen LogP contribution >= 0.6 is 0 Å². The standard InChI is InChI=1S/C23H34N4O6/c1-13(2)19(26-21(30)18(24)14(3)28)22(31)27-11-7-10-17(27)20(29)25-16(23(32)33)12-15-8-5-4-6-9-15/h4-6,8-9,13-14,16-19,28H,7,10-12,24H2,1-3H3,(H,25,29)(H,26,30)(H,32,33). The summed E-state index contributed by atoms with van der Waals surface area (Å²) in [5, 5.41) is 24.3. The predicted octanol–water partition coefficient (Wildman–Crippen LogP) is -0.362. The lowest BCUT2D eigenvalue weighted by atomic mass is 10.0. The molecule has 1 saturated heterocycles. The molecule has 10 heteroatoms. The van der Waals surface area contributed by atoms with E-state index < -0.39 is 54.0 Å². The maximum Gasteiger partial charge on any atom is 0.326 e. The van der Waals surface area contributed by atoms with Crippen LogP contribution in [0, 0.1) is 5.92 Å². The van der Waals surface area contributed by atoms with Gasteiger partial charge < -0.3 is 31.5 Å². The largest absolute Gasteiger partial charge is 0.480 e. The van der Waals surface area contributed by atoms with Crippen molar-refractivity contribution < 1.29 is 29.4 Å². The minimum Gasteiger partial charge on any atom is -0.480 e. The number of aliphatic carboxylic acids is 1. The topological polar surface area (TPSA) is 162 Å². The van der Waals surface area contributed by atoms with Gasteiger partial charge in [0.15, 0.2) is 0 Å². The number of nitrogens with one attached hydrogen (secondary N) is 2. The zero-order chi connectivity index (χ0) is 24.7. The number of nitrogens with zero attached hydrogens (tertiary/aromatic N) is 1. The average Bonchev–Trinajstić information content (AvgIpc) is 3.26. The van der Waals surface area contributed by atoms with E-state index in [1.165, 1.54) is 11.8 Å². The Morgan fingerprint density at radius 2 is 1.76 bits per heavy atom. The first-order valence-electron chi connectivity index (χ1n) is 11.1. The number of likely N-dealkylation sites (tertiary alicyclic amines) is 1.